The zero-order valence-corrected chi connectivity index (χ0v) is 17.5. The first-order chi connectivity index (χ1) is 15.5. The number of hydrogen-bond donors (Lipinski definition) is 0. The molecule has 0 aliphatic carbocycles. The fraction of sp³-hybridized carbons (Fsp3) is 0.115. The molecule has 32 heavy (non-hydrogen) atoms. The summed E-state index contributed by atoms with van der Waals surface area (Å²) in [5.74, 6) is -0.00318. The van der Waals surface area contributed by atoms with Crippen molar-refractivity contribution in [3.63, 3.8) is 0 Å². The number of oxazole rings is 1. The molecule has 6 heteroatoms. The minimum Gasteiger partial charge on any atom is -0.456 e. The lowest BCUT2D eigenvalue weighted by atomic mass is 9.92. The smallest absolute Gasteiger partial charge is 0.308 e. The molecule has 5 aromatic rings. The molecule has 0 N–H and O–H groups in total. The highest BCUT2D eigenvalue weighted by Crippen LogP contribution is 2.43. The molecule has 0 amide bonds. The largest absolute Gasteiger partial charge is 0.456 e. The second kappa shape index (κ2) is 7.81. The molecule has 1 aromatic heterocycles. The van der Waals surface area contributed by atoms with Gasteiger partial charge in [0.15, 0.2) is 12.2 Å². The van der Waals surface area contributed by atoms with Gasteiger partial charge in [-0.15, -0.1) is 0 Å². The molecular weight excluding hydrogens is 406 g/mol. The number of nitrogens with zero attached hydrogens (tertiary/aromatic N) is 1. The van der Waals surface area contributed by atoms with Crippen LogP contribution in [0, 0.1) is 0 Å². The van der Waals surface area contributed by atoms with Gasteiger partial charge in [0, 0.05) is 24.8 Å². The third kappa shape index (κ3) is 3.46. The Morgan fingerprint density at radius 1 is 0.875 bits per heavy atom. The Balaban J connectivity index is 1.83. The molecule has 0 fully saturated rings. The summed E-state index contributed by atoms with van der Waals surface area (Å²) in [6.07, 6.45) is 0. The predicted molar refractivity (Wildman–Crippen MR) is 121 cm³/mol. The van der Waals surface area contributed by atoms with Crippen molar-refractivity contribution in [3.8, 4) is 16.9 Å². The van der Waals surface area contributed by atoms with Gasteiger partial charge in [-0.2, -0.15) is 0 Å². The number of ether oxygens (including phenoxy) is 2. The lowest BCUT2D eigenvalue weighted by molar-refractivity contribution is -0.142. The number of rotatable bonds is 4. The maximum Gasteiger partial charge on any atom is 0.308 e. The summed E-state index contributed by atoms with van der Waals surface area (Å²) < 4.78 is 16.6. The van der Waals surface area contributed by atoms with Crippen LogP contribution in [0.25, 0.3) is 43.8 Å². The van der Waals surface area contributed by atoms with E-state index in [1.54, 1.807) is 0 Å². The lowest BCUT2D eigenvalue weighted by Crippen LogP contribution is -2.03. The van der Waals surface area contributed by atoms with Crippen LogP contribution in [0.1, 0.15) is 19.7 Å². The lowest BCUT2D eigenvalue weighted by Gasteiger charge is -2.15. The van der Waals surface area contributed by atoms with E-state index in [-0.39, 0.29) is 6.61 Å². The fourth-order valence-electron chi connectivity index (χ4n) is 4.00. The zero-order chi connectivity index (χ0) is 22.2. The standard InChI is InChI=1S/C26H19NO5/c1-15(28)30-14-24-27-22-13-21(19-9-5-6-10-20(19)26(22)32-24)25-18-8-4-3-7-17(18)11-12-23(25)31-16(2)29/h3-13H,14H2,1-2H3. The van der Waals surface area contributed by atoms with Crippen LogP contribution < -0.4 is 4.74 Å². The Bertz CT molecular complexity index is 1520. The zero-order valence-electron chi connectivity index (χ0n) is 17.5. The van der Waals surface area contributed by atoms with Gasteiger partial charge in [-0.05, 0) is 33.9 Å². The molecule has 0 unspecified atom stereocenters. The van der Waals surface area contributed by atoms with E-state index < -0.39 is 11.9 Å². The first kappa shape index (κ1) is 19.8. The van der Waals surface area contributed by atoms with E-state index >= 15 is 0 Å². The molecule has 0 aliphatic rings. The van der Waals surface area contributed by atoms with Crippen molar-refractivity contribution in [2.75, 3.05) is 0 Å². The van der Waals surface area contributed by atoms with E-state index in [4.69, 9.17) is 13.9 Å². The highest BCUT2D eigenvalue weighted by Gasteiger charge is 2.19. The van der Waals surface area contributed by atoms with Gasteiger partial charge in [-0.25, -0.2) is 4.98 Å². The van der Waals surface area contributed by atoms with E-state index in [1.807, 2.05) is 66.7 Å². The van der Waals surface area contributed by atoms with Crippen LogP contribution in [0.5, 0.6) is 5.75 Å². The SMILES string of the molecule is CC(=O)OCc1nc2cc(-c3c(OC(C)=O)ccc4ccccc34)c3ccccc3c2o1. The summed E-state index contributed by atoms with van der Waals surface area (Å²) in [7, 11) is 0. The molecule has 6 nitrogen and oxygen atoms in total. The van der Waals surface area contributed by atoms with Gasteiger partial charge in [-0.1, -0.05) is 54.6 Å². The molecule has 1 heterocycles. The second-order valence-corrected chi connectivity index (χ2v) is 7.46. The van der Waals surface area contributed by atoms with E-state index in [1.165, 1.54) is 13.8 Å². The van der Waals surface area contributed by atoms with E-state index in [0.717, 1.165) is 32.7 Å². The van der Waals surface area contributed by atoms with Crippen LogP contribution in [0.2, 0.25) is 0 Å². The van der Waals surface area contributed by atoms with Crippen LogP contribution in [-0.2, 0) is 20.9 Å². The summed E-state index contributed by atoms with van der Waals surface area (Å²) in [5.41, 5.74) is 2.91. The average molecular weight is 425 g/mol. The summed E-state index contributed by atoms with van der Waals surface area (Å²) >= 11 is 0. The van der Waals surface area contributed by atoms with Crippen molar-refractivity contribution in [2.24, 2.45) is 0 Å². The number of benzene rings is 4. The molecule has 5 rings (SSSR count). The Hall–Kier alpha value is -4.19. The van der Waals surface area contributed by atoms with Crippen molar-refractivity contribution in [2.45, 2.75) is 20.5 Å². The molecule has 0 aliphatic heterocycles. The average Bonchev–Trinajstić information content (AvgIpc) is 3.20. The predicted octanol–water partition coefficient (Wildman–Crippen LogP) is 5.79. The third-order valence-corrected chi connectivity index (χ3v) is 5.25. The molecule has 0 saturated heterocycles. The van der Waals surface area contributed by atoms with Gasteiger partial charge in [-0.3, -0.25) is 9.59 Å². The molecule has 0 spiro atoms. The summed E-state index contributed by atoms with van der Waals surface area (Å²) in [5, 5.41) is 3.78. The highest BCUT2D eigenvalue weighted by atomic mass is 16.5. The molecule has 0 atom stereocenters. The number of aromatic nitrogens is 1. The first-order valence-corrected chi connectivity index (χ1v) is 10.2. The molecule has 4 aromatic carbocycles. The minimum atomic E-state index is -0.403. The van der Waals surface area contributed by atoms with Gasteiger partial charge < -0.3 is 13.9 Å². The van der Waals surface area contributed by atoms with Crippen LogP contribution in [0.4, 0.5) is 0 Å². The molecule has 0 radical (unpaired) electrons. The Kier molecular flexibility index (Phi) is 4.82. The normalized spacial score (nSPS) is 11.2. The number of esters is 2. The summed E-state index contributed by atoms with van der Waals surface area (Å²) in [6.45, 7) is 2.69. The Labute approximate surface area is 183 Å². The topological polar surface area (TPSA) is 78.6 Å². The molecule has 158 valence electrons. The molecule has 0 bridgehead atoms. The Morgan fingerprint density at radius 2 is 1.59 bits per heavy atom. The summed E-state index contributed by atoms with van der Waals surface area (Å²) in [6, 6.07) is 21.5. The van der Waals surface area contributed by atoms with Crippen LogP contribution in [-0.4, -0.2) is 16.9 Å². The fourth-order valence-corrected chi connectivity index (χ4v) is 4.00. The van der Waals surface area contributed by atoms with Crippen LogP contribution >= 0.6 is 0 Å². The van der Waals surface area contributed by atoms with Crippen molar-refractivity contribution in [1.29, 1.82) is 0 Å². The number of hydrogen-bond acceptors (Lipinski definition) is 6. The van der Waals surface area contributed by atoms with Crippen molar-refractivity contribution >= 4 is 44.6 Å². The monoisotopic (exact) mass is 425 g/mol. The third-order valence-electron chi connectivity index (χ3n) is 5.25. The highest BCUT2D eigenvalue weighted by molar-refractivity contribution is 6.15. The number of carbonyl (C=O) groups excluding carboxylic acids is 2. The maximum atomic E-state index is 11.8. The van der Waals surface area contributed by atoms with E-state index in [2.05, 4.69) is 4.98 Å². The van der Waals surface area contributed by atoms with E-state index in [0.29, 0.717) is 22.7 Å². The first-order valence-electron chi connectivity index (χ1n) is 10.2. The number of fused-ring (bicyclic) bond motifs is 4. The molecular formula is C26H19NO5. The van der Waals surface area contributed by atoms with Gasteiger partial charge in [0.2, 0.25) is 5.89 Å². The quantitative estimate of drug-likeness (QED) is 0.268. The summed E-state index contributed by atoms with van der Waals surface area (Å²) in [4.78, 5) is 27.6. The second-order valence-electron chi connectivity index (χ2n) is 7.46. The van der Waals surface area contributed by atoms with Crippen LogP contribution in [0.15, 0.2) is 71.1 Å². The van der Waals surface area contributed by atoms with Crippen molar-refractivity contribution in [1.82, 2.24) is 4.98 Å². The van der Waals surface area contributed by atoms with Crippen LogP contribution in [0.3, 0.4) is 0 Å². The minimum absolute atomic E-state index is 0.0410. The maximum absolute atomic E-state index is 11.8. The van der Waals surface area contributed by atoms with Gasteiger partial charge >= 0.3 is 11.9 Å². The Morgan fingerprint density at radius 3 is 2.34 bits per heavy atom. The van der Waals surface area contributed by atoms with Crippen molar-refractivity contribution < 1.29 is 23.5 Å². The van der Waals surface area contributed by atoms with Gasteiger partial charge in [0.1, 0.15) is 11.3 Å². The van der Waals surface area contributed by atoms with Crippen molar-refractivity contribution in [3.05, 3.63) is 72.6 Å². The number of carbonyl (C=O) groups is 2. The van der Waals surface area contributed by atoms with Gasteiger partial charge in [0.25, 0.3) is 0 Å². The molecule has 0 saturated carbocycles. The van der Waals surface area contributed by atoms with Gasteiger partial charge in [0.05, 0.1) is 0 Å². The van der Waals surface area contributed by atoms with E-state index in [9.17, 15) is 9.59 Å².